The third-order valence-corrected chi connectivity index (χ3v) is 3.38. The molecule has 18 heavy (non-hydrogen) atoms. The van der Waals surface area contributed by atoms with Gasteiger partial charge in [0.15, 0.2) is 0 Å². The molecule has 0 fully saturated rings. The summed E-state index contributed by atoms with van der Waals surface area (Å²) in [5, 5.41) is 3.00. The molecule has 0 spiro atoms. The fraction of sp³-hybridized carbons (Fsp3) is 0.500. The van der Waals surface area contributed by atoms with Crippen molar-refractivity contribution in [2.45, 2.75) is 31.8 Å². The maximum Gasteiger partial charge on any atom is 0.239 e. The molecule has 0 aliphatic heterocycles. The van der Waals surface area contributed by atoms with Crippen molar-refractivity contribution < 1.29 is 9.53 Å². The number of ether oxygens (including phenoxy) is 1. The molecule has 1 aliphatic rings. The van der Waals surface area contributed by atoms with Crippen molar-refractivity contribution in [2.75, 3.05) is 13.7 Å². The Labute approximate surface area is 108 Å². The zero-order valence-electron chi connectivity index (χ0n) is 10.9. The highest BCUT2D eigenvalue weighted by molar-refractivity contribution is 5.82. The van der Waals surface area contributed by atoms with Crippen LogP contribution in [0, 0.1) is 6.92 Å². The largest absolute Gasteiger partial charge is 0.383 e. The summed E-state index contributed by atoms with van der Waals surface area (Å²) < 4.78 is 4.89. The molecule has 1 amide bonds. The third kappa shape index (κ3) is 2.71. The van der Waals surface area contributed by atoms with Crippen molar-refractivity contribution in [3.63, 3.8) is 0 Å². The summed E-state index contributed by atoms with van der Waals surface area (Å²) >= 11 is 0. The lowest BCUT2D eigenvalue weighted by atomic mass is 10.1. The van der Waals surface area contributed by atoms with Crippen LogP contribution in [0.5, 0.6) is 0 Å². The quantitative estimate of drug-likeness (QED) is 0.837. The maximum absolute atomic E-state index is 11.8. The first-order valence-electron chi connectivity index (χ1n) is 6.26. The van der Waals surface area contributed by atoms with Crippen LogP contribution in [-0.4, -0.2) is 25.7 Å². The molecule has 0 saturated carbocycles. The van der Waals surface area contributed by atoms with Gasteiger partial charge in [-0.3, -0.25) is 4.79 Å². The molecule has 0 heterocycles. The van der Waals surface area contributed by atoms with Crippen LogP contribution in [0.15, 0.2) is 18.2 Å². The molecule has 0 saturated heterocycles. The van der Waals surface area contributed by atoms with Crippen LogP contribution >= 0.6 is 0 Å². The van der Waals surface area contributed by atoms with Gasteiger partial charge in [-0.2, -0.15) is 0 Å². The number of benzene rings is 1. The number of aryl methyl sites for hydroxylation is 2. The van der Waals surface area contributed by atoms with E-state index >= 15 is 0 Å². The Morgan fingerprint density at radius 2 is 2.39 bits per heavy atom. The minimum atomic E-state index is -0.593. The number of rotatable bonds is 4. The number of methoxy groups -OCH3 is 1. The van der Waals surface area contributed by atoms with E-state index in [1.54, 1.807) is 7.11 Å². The molecule has 2 atom stereocenters. The van der Waals surface area contributed by atoms with E-state index in [0.717, 1.165) is 12.8 Å². The summed E-state index contributed by atoms with van der Waals surface area (Å²) in [6.45, 7) is 2.33. The van der Waals surface area contributed by atoms with Crippen molar-refractivity contribution in [3.05, 3.63) is 34.9 Å². The highest BCUT2D eigenvalue weighted by atomic mass is 16.5. The van der Waals surface area contributed by atoms with E-state index < -0.39 is 6.04 Å². The first-order valence-corrected chi connectivity index (χ1v) is 6.26. The topological polar surface area (TPSA) is 64.3 Å². The summed E-state index contributed by atoms with van der Waals surface area (Å²) in [4.78, 5) is 11.8. The smallest absolute Gasteiger partial charge is 0.239 e. The minimum Gasteiger partial charge on any atom is -0.383 e. The van der Waals surface area contributed by atoms with E-state index in [2.05, 4.69) is 30.4 Å². The van der Waals surface area contributed by atoms with Crippen LogP contribution in [0.1, 0.15) is 29.2 Å². The van der Waals surface area contributed by atoms with Crippen LogP contribution in [-0.2, 0) is 16.0 Å². The lowest BCUT2D eigenvalue weighted by molar-refractivity contribution is -0.124. The van der Waals surface area contributed by atoms with Gasteiger partial charge in [-0.25, -0.2) is 0 Å². The van der Waals surface area contributed by atoms with E-state index in [4.69, 9.17) is 10.5 Å². The molecule has 0 aromatic heterocycles. The highest BCUT2D eigenvalue weighted by Crippen LogP contribution is 2.31. The van der Waals surface area contributed by atoms with Crippen LogP contribution in [0.25, 0.3) is 0 Å². The summed E-state index contributed by atoms with van der Waals surface area (Å²) in [6, 6.07) is 5.87. The number of amides is 1. The van der Waals surface area contributed by atoms with Crippen LogP contribution in [0.2, 0.25) is 0 Å². The van der Waals surface area contributed by atoms with Crippen molar-refractivity contribution in [2.24, 2.45) is 5.73 Å². The fourth-order valence-electron chi connectivity index (χ4n) is 2.43. The molecular weight excluding hydrogens is 228 g/mol. The summed E-state index contributed by atoms with van der Waals surface area (Å²) in [6.07, 6.45) is 1.96. The Morgan fingerprint density at radius 3 is 3.11 bits per heavy atom. The number of nitrogens with one attached hydrogen (secondary N) is 1. The molecule has 3 N–H and O–H groups in total. The van der Waals surface area contributed by atoms with E-state index in [1.165, 1.54) is 16.7 Å². The normalized spacial score (nSPS) is 19.4. The third-order valence-electron chi connectivity index (χ3n) is 3.38. The van der Waals surface area contributed by atoms with Gasteiger partial charge in [0.25, 0.3) is 0 Å². The molecule has 1 aromatic carbocycles. The Bertz CT molecular complexity index is 445. The molecule has 1 aromatic rings. The Hall–Kier alpha value is -1.39. The van der Waals surface area contributed by atoms with Crippen LogP contribution < -0.4 is 11.1 Å². The monoisotopic (exact) mass is 248 g/mol. The lowest BCUT2D eigenvalue weighted by Gasteiger charge is -2.17. The van der Waals surface area contributed by atoms with Gasteiger partial charge < -0.3 is 15.8 Å². The first kappa shape index (κ1) is 13.1. The molecule has 4 nitrogen and oxygen atoms in total. The van der Waals surface area contributed by atoms with E-state index in [9.17, 15) is 4.79 Å². The van der Waals surface area contributed by atoms with Gasteiger partial charge in [-0.1, -0.05) is 23.8 Å². The average molecular weight is 248 g/mol. The van der Waals surface area contributed by atoms with Gasteiger partial charge in [-0.05, 0) is 30.9 Å². The first-order chi connectivity index (χ1) is 8.61. The molecule has 0 bridgehead atoms. The van der Waals surface area contributed by atoms with Crippen molar-refractivity contribution >= 4 is 5.91 Å². The summed E-state index contributed by atoms with van der Waals surface area (Å²) in [5.41, 5.74) is 9.53. The Kier molecular flexibility index (Phi) is 3.99. The van der Waals surface area contributed by atoms with Gasteiger partial charge in [0.2, 0.25) is 5.91 Å². The van der Waals surface area contributed by atoms with E-state index in [0.29, 0.717) is 0 Å². The van der Waals surface area contributed by atoms with E-state index in [1.807, 2.05) is 0 Å². The number of hydrogen-bond acceptors (Lipinski definition) is 3. The maximum atomic E-state index is 11.8. The number of carbonyl (C=O) groups is 1. The second kappa shape index (κ2) is 5.50. The van der Waals surface area contributed by atoms with Gasteiger partial charge in [0.05, 0.1) is 12.6 Å². The van der Waals surface area contributed by atoms with Gasteiger partial charge in [-0.15, -0.1) is 0 Å². The second-order valence-electron chi connectivity index (χ2n) is 4.86. The van der Waals surface area contributed by atoms with Gasteiger partial charge >= 0.3 is 0 Å². The van der Waals surface area contributed by atoms with E-state index in [-0.39, 0.29) is 18.6 Å². The van der Waals surface area contributed by atoms with Crippen LogP contribution in [0.3, 0.4) is 0 Å². The number of fused-ring (bicyclic) bond motifs is 1. The lowest BCUT2D eigenvalue weighted by Crippen LogP contribution is -2.44. The van der Waals surface area contributed by atoms with Gasteiger partial charge in [0.1, 0.15) is 6.04 Å². The summed E-state index contributed by atoms with van der Waals surface area (Å²) in [5.74, 6) is -0.143. The molecule has 2 rings (SSSR count). The fourth-order valence-corrected chi connectivity index (χ4v) is 2.43. The standard InChI is InChI=1S/C14H20N2O2/c1-9-3-5-11-10(7-9)4-6-13(11)16-14(17)12(15)8-18-2/h3,5,7,12-13H,4,6,8,15H2,1-2H3,(H,16,17). The highest BCUT2D eigenvalue weighted by Gasteiger charge is 2.25. The molecule has 2 unspecified atom stereocenters. The average Bonchev–Trinajstić information content (AvgIpc) is 2.72. The Morgan fingerprint density at radius 1 is 1.61 bits per heavy atom. The SMILES string of the molecule is COCC(N)C(=O)NC1CCc2cc(C)ccc21. The number of nitrogens with two attached hydrogens (primary N) is 1. The zero-order valence-corrected chi connectivity index (χ0v) is 10.9. The minimum absolute atomic E-state index is 0.0935. The second-order valence-corrected chi connectivity index (χ2v) is 4.86. The molecule has 98 valence electrons. The molecular formula is C14H20N2O2. The van der Waals surface area contributed by atoms with Crippen molar-refractivity contribution in [1.82, 2.24) is 5.32 Å². The number of carbonyl (C=O) groups excluding carboxylic acids is 1. The predicted octanol–water partition coefficient (Wildman–Crippen LogP) is 1.07. The Balaban J connectivity index is 2.03. The molecule has 1 aliphatic carbocycles. The van der Waals surface area contributed by atoms with Crippen LogP contribution in [0.4, 0.5) is 0 Å². The van der Waals surface area contributed by atoms with Crippen molar-refractivity contribution in [3.8, 4) is 0 Å². The summed E-state index contributed by atoms with van der Waals surface area (Å²) in [7, 11) is 1.54. The van der Waals surface area contributed by atoms with Crippen molar-refractivity contribution in [1.29, 1.82) is 0 Å². The predicted molar refractivity (Wildman–Crippen MR) is 70.2 cm³/mol. The zero-order chi connectivity index (χ0) is 13.1. The van der Waals surface area contributed by atoms with Gasteiger partial charge in [0, 0.05) is 7.11 Å². The molecule has 0 radical (unpaired) electrons. The molecule has 4 heteroatoms. The number of hydrogen-bond donors (Lipinski definition) is 2.